The third-order valence-corrected chi connectivity index (χ3v) is 0.200. The van der Waals surface area contributed by atoms with E-state index in [1.807, 2.05) is 0 Å². The van der Waals surface area contributed by atoms with Crippen LogP contribution in [0.1, 0.15) is 0 Å². The fraction of sp³-hybridized carbons (Fsp3) is 0. The summed E-state index contributed by atoms with van der Waals surface area (Å²) in [6.07, 6.45) is 0. The second-order valence-electron chi connectivity index (χ2n) is 0.985. The summed E-state index contributed by atoms with van der Waals surface area (Å²) in [7, 11) is -4.92. The maximum atomic E-state index is 8.63. The van der Waals surface area contributed by atoms with Crippen LogP contribution in [0.2, 0.25) is 0 Å². The summed E-state index contributed by atoms with van der Waals surface area (Å²) < 4.78 is 32.8. The van der Waals surface area contributed by atoms with Gasteiger partial charge in [0.15, 0.2) is 0 Å². The van der Waals surface area contributed by atoms with Gasteiger partial charge >= 0.3 is 29.6 Å². The van der Waals surface area contributed by atoms with Crippen LogP contribution in [0.15, 0.2) is 0 Å². The molecule has 16 heavy (non-hydrogen) atoms. The Morgan fingerprint density at radius 1 is 0.812 bits per heavy atom. The topological polar surface area (TPSA) is 192 Å². The molecule has 0 radical (unpaired) electrons. The van der Waals surface area contributed by atoms with Crippen molar-refractivity contribution in [1.82, 2.24) is 0 Å². The van der Waals surface area contributed by atoms with Gasteiger partial charge in [0.05, 0.1) is 0 Å². The van der Waals surface area contributed by atoms with Crippen molar-refractivity contribution in [3.63, 3.8) is 0 Å². The van der Waals surface area contributed by atoms with E-state index in [-0.39, 0.29) is 29.6 Å². The van der Waals surface area contributed by atoms with E-state index < -0.39 is 10.4 Å². The van der Waals surface area contributed by atoms with E-state index in [1.54, 1.807) is 0 Å². The Morgan fingerprint density at radius 3 is 1.19 bits per heavy atom. The number of rotatable bonds is 7. The minimum absolute atomic E-state index is 0. The Morgan fingerprint density at radius 2 is 1.00 bits per heavy atom. The summed E-state index contributed by atoms with van der Waals surface area (Å²) >= 11 is 0. The normalized spacial score (nSPS) is 10.0. The molecule has 0 saturated carbocycles. The van der Waals surface area contributed by atoms with Crippen molar-refractivity contribution < 1.29 is 97.9 Å². The first kappa shape index (κ1) is 21.7. The van der Waals surface area contributed by atoms with Gasteiger partial charge in [-0.1, -0.05) is 0 Å². The molecule has 0 saturated heterocycles. The summed E-state index contributed by atoms with van der Waals surface area (Å²) in [5.74, 6) is 0. The molecule has 16 heteroatoms. The van der Waals surface area contributed by atoms with Gasteiger partial charge in [0.1, 0.15) is 0 Å². The largest absolute Gasteiger partial charge is 1.00 e. The molecule has 0 rings (SSSR count). The third-order valence-electron chi connectivity index (χ3n) is 0.200. The second-order valence-corrected chi connectivity index (χ2v) is 1.84. The van der Waals surface area contributed by atoms with Gasteiger partial charge in [0, 0.05) is 0 Å². The van der Waals surface area contributed by atoms with Crippen molar-refractivity contribution in [1.29, 1.82) is 0 Å². The molecule has 0 aromatic carbocycles. The quantitative estimate of drug-likeness (QED) is 0.101. The average molecular weight is 282 g/mol. The molecular formula is H3NaO14S. The first-order valence-electron chi connectivity index (χ1n) is 2.21. The smallest absolute Gasteiger partial charge is 0.726 e. The molecule has 14 nitrogen and oxygen atoms in total. The summed E-state index contributed by atoms with van der Waals surface area (Å²) in [4.78, 5) is 0. The van der Waals surface area contributed by atoms with Crippen LogP contribution in [-0.2, 0) is 50.7 Å². The number of hydrogen-bond donors (Lipinski definition) is 3. The van der Waals surface area contributed by atoms with Gasteiger partial charge in [-0.15, -0.1) is 0 Å². The van der Waals surface area contributed by atoms with Gasteiger partial charge in [-0.3, -0.25) is 4.55 Å². The zero-order valence-electron chi connectivity index (χ0n) is 7.24. The van der Waals surface area contributed by atoms with E-state index in [0.717, 1.165) is 0 Å². The molecule has 0 aromatic heterocycles. The Balaban J connectivity index is -0.000000242. The summed E-state index contributed by atoms with van der Waals surface area (Å²) in [6, 6.07) is 0. The molecule has 3 N–H and O–H groups in total. The SMILES string of the molecule is O=S(=O)([O-])O.OOOOOOOOOO.[Na+]. The summed E-state index contributed by atoms with van der Waals surface area (Å²) in [5, 5.41) is 40.0. The van der Waals surface area contributed by atoms with E-state index in [4.69, 9.17) is 28.0 Å². The van der Waals surface area contributed by atoms with E-state index in [9.17, 15) is 0 Å². The molecule has 0 fully saturated rings. The average Bonchev–Trinajstić information content (AvgIpc) is 2.08. The fourth-order valence-corrected chi connectivity index (χ4v) is 0.0702. The molecular weight excluding hydrogens is 279 g/mol. The van der Waals surface area contributed by atoms with Crippen molar-refractivity contribution in [2.45, 2.75) is 0 Å². The Bertz CT molecular complexity index is 177. The van der Waals surface area contributed by atoms with Gasteiger partial charge in [0.2, 0.25) is 10.4 Å². The molecule has 0 aliphatic rings. The van der Waals surface area contributed by atoms with Crippen LogP contribution in [-0.4, -0.2) is 28.0 Å². The van der Waals surface area contributed by atoms with Crippen LogP contribution in [0.25, 0.3) is 0 Å². The van der Waals surface area contributed by atoms with Crippen LogP contribution in [0.4, 0.5) is 0 Å². The Hall–Kier alpha value is 0.470. The van der Waals surface area contributed by atoms with Crippen LogP contribution >= 0.6 is 0 Å². The van der Waals surface area contributed by atoms with Crippen molar-refractivity contribution >= 4 is 10.4 Å². The molecule has 0 atom stereocenters. The zero-order chi connectivity index (χ0) is 12.2. The van der Waals surface area contributed by atoms with E-state index >= 15 is 0 Å². The van der Waals surface area contributed by atoms with Gasteiger partial charge in [-0.25, -0.2) is 18.9 Å². The van der Waals surface area contributed by atoms with Crippen LogP contribution in [0, 0.1) is 0 Å². The van der Waals surface area contributed by atoms with Crippen molar-refractivity contribution in [3.8, 4) is 0 Å². The maximum Gasteiger partial charge on any atom is 1.00 e. The molecule has 0 amide bonds. The van der Waals surface area contributed by atoms with E-state index in [0.29, 0.717) is 0 Å². The van der Waals surface area contributed by atoms with Crippen molar-refractivity contribution in [2.24, 2.45) is 0 Å². The van der Waals surface area contributed by atoms with Crippen LogP contribution in [0.5, 0.6) is 0 Å². The van der Waals surface area contributed by atoms with Crippen LogP contribution < -0.4 is 29.6 Å². The van der Waals surface area contributed by atoms with Gasteiger partial charge < -0.3 is 4.55 Å². The molecule has 0 aliphatic carbocycles. The third kappa shape index (κ3) is 47.1. The predicted octanol–water partition coefficient (Wildman–Crippen LogP) is -4.52. The monoisotopic (exact) mass is 282 g/mol. The standard InChI is InChI=1S/Na.H2O10.H2O4S/c;1-3-5-7-9-10-8-6-4-2;1-5(2,3)4/h;1-2H;(H2,1,2,3,4)/q+1;;/p-1. The Labute approximate surface area is 108 Å². The van der Waals surface area contributed by atoms with Gasteiger partial charge in [-0.05, 0) is 40.3 Å². The van der Waals surface area contributed by atoms with E-state index in [1.165, 1.54) is 0 Å². The minimum atomic E-state index is -4.92. The maximum absolute atomic E-state index is 8.63. The number of hydrogen-bond acceptors (Lipinski definition) is 13. The van der Waals surface area contributed by atoms with Crippen molar-refractivity contribution in [2.75, 3.05) is 0 Å². The predicted molar refractivity (Wildman–Crippen MR) is 26.3 cm³/mol. The second kappa shape index (κ2) is 15.5. The van der Waals surface area contributed by atoms with Gasteiger partial charge in [-0.2, -0.15) is 0 Å². The molecule has 0 aliphatic heterocycles. The summed E-state index contributed by atoms with van der Waals surface area (Å²) in [6.45, 7) is 0. The first-order valence-corrected chi connectivity index (χ1v) is 3.58. The molecule has 0 heterocycles. The molecule has 0 aromatic rings. The molecule has 94 valence electrons. The molecule has 0 unspecified atom stereocenters. The molecule has 0 bridgehead atoms. The van der Waals surface area contributed by atoms with Crippen molar-refractivity contribution in [3.05, 3.63) is 0 Å². The minimum Gasteiger partial charge on any atom is -0.726 e. The fourth-order valence-electron chi connectivity index (χ4n) is 0.0702. The molecule has 0 spiro atoms. The van der Waals surface area contributed by atoms with Gasteiger partial charge in [0.25, 0.3) is 0 Å². The zero-order valence-corrected chi connectivity index (χ0v) is 10.1. The summed E-state index contributed by atoms with van der Waals surface area (Å²) in [5.41, 5.74) is 0. The van der Waals surface area contributed by atoms with E-state index in [2.05, 4.69) is 40.3 Å². The Kier molecular flexibility index (Phi) is 21.0. The first-order chi connectivity index (χ1) is 6.91. The van der Waals surface area contributed by atoms with Crippen LogP contribution in [0.3, 0.4) is 0 Å².